The molecule has 28 heteroatoms. The number of rotatable bonds is 18. The lowest BCUT2D eigenvalue weighted by molar-refractivity contribution is -0.136. The molecule has 2 fully saturated rings. The summed E-state index contributed by atoms with van der Waals surface area (Å²) >= 11 is 0. The number of hydrogen-bond donors (Lipinski definition) is 18. The SMILES string of the molecule is CC(C)C[C@@H]1NC(=O)[C@@H](C)NC(=O)[C@H](CCN)NC(=O)[C@@H](NC(=O)[C@H](CCN)NC(=O)[C@@H](NC(=O)[C@@H]2C[C@@H](O)CN2)C(C)O)CCNC(=O)[C@H](C(C)O)NC(=O)[C@H](CCN)NC(=O)[C@H](CCN)NC1=O. The second kappa shape index (κ2) is 30.2. The highest BCUT2D eigenvalue weighted by atomic mass is 16.3. The largest absolute Gasteiger partial charge is 0.392 e. The number of carbonyl (C=O) groups excluding carboxylic acids is 10. The smallest absolute Gasteiger partial charge is 0.245 e. The minimum Gasteiger partial charge on any atom is -0.392 e. The number of hydrogen-bond acceptors (Lipinski definition) is 18. The summed E-state index contributed by atoms with van der Waals surface area (Å²) < 4.78 is 0. The molecular weight excluding hydrogens is 923 g/mol. The third kappa shape index (κ3) is 19.6. The molecule has 0 aliphatic carbocycles. The Bertz CT molecular complexity index is 1810. The van der Waals surface area contributed by atoms with Crippen LogP contribution in [0.15, 0.2) is 0 Å². The molecule has 2 unspecified atom stereocenters. The normalized spacial score (nSPS) is 27.7. The van der Waals surface area contributed by atoms with Crippen LogP contribution in [-0.4, -0.2) is 192 Å². The number of β-amino-alcohol motifs (C(OH)–C–C–N with tert-alkyl or cyclic N) is 1. The Morgan fingerprint density at radius 2 is 1.17 bits per heavy atom. The van der Waals surface area contributed by atoms with Crippen molar-refractivity contribution in [3.05, 3.63) is 0 Å². The summed E-state index contributed by atoms with van der Waals surface area (Å²) in [5, 5.41) is 58.5. The minimum absolute atomic E-state index is 0.0444. The predicted octanol–water partition coefficient (Wildman–Crippen LogP) is -9.18. The first-order valence-corrected chi connectivity index (χ1v) is 23.6. The number of aliphatic hydroxyl groups is 3. The van der Waals surface area contributed by atoms with Gasteiger partial charge in [0.1, 0.15) is 54.4 Å². The minimum atomic E-state index is -1.66. The monoisotopic (exact) mass is 1000 g/mol. The van der Waals surface area contributed by atoms with Gasteiger partial charge in [0.15, 0.2) is 0 Å². The van der Waals surface area contributed by atoms with Crippen molar-refractivity contribution >= 4 is 59.1 Å². The van der Waals surface area contributed by atoms with Crippen LogP contribution in [0.25, 0.3) is 0 Å². The zero-order valence-corrected chi connectivity index (χ0v) is 40.5. The van der Waals surface area contributed by atoms with Crippen molar-refractivity contribution in [2.75, 3.05) is 39.3 Å². The van der Waals surface area contributed by atoms with E-state index in [9.17, 15) is 63.3 Å². The zero-order chi connectivity index (χ0) is 52.8. The lowest BCUT2D eigenvalue weighted by Crippen LogP contribution is -2.61. The molecular formula is C42H77N15O13. The van der Waals surface area contributed by atoms with Crippen LogP contribution >= 0.6 is 0 Å². The Hall–Kier alpha value is -5.62. The fourth-order valence-corrected chi connectivity index (χ4v) is 7.43. The van der Waals surface area contributed by atoms with Gasteiger partial charge in [0, 0.05) is 13.1 Å². The van der Waals surface area contributed by atoms with Gasteiger partial charge in [-0.3, -0.25) is 47.9 Å². The highest BCUT2D eigenvalue weighted by Crippen LogP contribution is 2.10. The molecule has 13 atom stereocenters. The van der Waals surface area contributed by atoms with Crippen molar-refractivity contribution in [2.45, 2.75) is 158 Å². The third-order valence-electron chi connectivity index (χ3n) is 11.4. The summed E-state index contributed by atoms with van der Waals surface area (Å²) in [5.74, 6) is -9.16. The van der Waals surface area contributed by atoms with E-state index in [1.165, 1.54) is 20.8 Å². The van der Waals surface area contributed by atoms with Gasteiger partial charge in [-0.2, -0.15) is 0 Å². The van der Waals surface area contributed by atoms with Gasteiger partial charge in [-0.05, 0) is 97.8 Å². The van der Waals surface area contributed by atoms with E-state index in [2.05, 4.69) is 58.5 Å². The van der Waals surface area contributed by atoms with Gasteiger partial charge in [0.25, 0.3) is 0 Å². The first-order chi connectivity index (χ1) is 33.0. The third-order valence-corrected chi connectivity index (χ3v) is 11.4. The van der Waals surface area contributed by atoms with E-state index in [4.69, 9.17) is 22.9 Å². The van der Waals surface area contributed by atoms with E-state index >= 15 is 0 Å². The summed E-state index contributed by atoms with van der Waals surface area (Å²) in [6, 6.07) is -13.9. The van der Waals surface area contributed by atoms with Crippen molar-refractivity contribution in [3.8, 4) is 0 Å². The maximum absolute atomic E-state index is 14.1. The fraction of sp³-hybridized carbons (Fsp3) is 0.762. The van der Waals surface area contributed by atoms with E-state index in [0.29, 0.717) is 0 Å². The first kappa shape index (κ1) is 60.5. The van der Waals surface area contributed by atoms with E-state index in [1.807, 2.05) is 0 Å². The van der Waals surface area contributed by atoms with Crippen LogP contribution in [0.5, 0.6) is 0 Å². The van der Waals surface area contributed by atoms with Crippen molar-refractivity contribution < 1.29 is 63.3 Å². The number of amides is 10. The molecule has 2 aliphatic rings. The molecule has 0 radical (unpaired) electrons. The quantitative estimate of drug-likeness (QED) is 0.0606. The molecule has 2 aliphatic heterocycles. The molecule has 0 saturated carbocycles. The topological polar surface area (TPSA) is 468 Å². The van der Waals surface area contributed by atoms with E-state index < -0.39 is 151 Å². The molecule has 2 saturated heterocycles. The van der Waals surface area contributed by atoms with Crippen LogP contribution in [0.1, 0.15) is 79.6 Å². The van der Waals surface area contributed by atoms with Crippen molar-refractivity contribution in [1.82, 2.24) is 58.5 Å². The molecule has 70 heavy (non-hydrogen) atoms. The van der Waals surface area contributed by atoms with E-state index in [-0.39, 0.29) is 77.2 Å². The van der Waals surface area contributed by atoms with Crippen molar-refractivity contribution in [3.63, 3.8) is 0 Å². The number of carbonyl (C=O) groups is 10. The molecule has 0 aromatic heterocycles. The Kier molecular flexibility index (Phi) is 26.1. The van der Waals surface area contributed by atoms with Gasteiger partial charge in [0.2, 0.25) is 59.1 Å². The zero-order valence-electron chi connectivity index (χ0n) is 40.5. The average molecular weight is 1000 g/mol. The molecule has 28 nitrogen and oxygen atoms in total. The maximum Gasteiger partial charge on any atom is 0.245 e. The average Bonchev–Trinajstić information content (AvgIpc) is 3.73. The second-order valence-corrected chi connectivity index (χ2v) is 17.9. The van der Waals surface area contributed by atoms with Crippen LogP contribution in [-0.2, 0) is 47.9 Å². The lowest BCUT2D eigenvalue weighted by Gasteiger charge is -2.28. The van der Waals surface area contributed by atoms with Crippen LogP contribution in [0.4, 0.5) is 0 Å². The molecule has 22 N–H and O–H groups in total. The highest BCUT2D eigenvalue weighted by Gasteiger charge is 2.37. The fourth-order valence-electron chi connectivity index (χ4n) is 7.43. The lowest BCUT2D eigenvalue weighted by atomic mass is 10.0. The highest BCUT2D eigenvalue weighted by molar-refractivity contribution is 5.99. The Balaban J connectivity index is 2.57. The number of nitrogens with two attached hydrogens (primary N) is 4. The number of aliphatic hydroxyl groups excluding tert-OH is 3. The first-order valence-electron chi connectivity index (χ1n) is 23.6. The second-order valence-electron chi connectivity index (χ2n) is 17.9. The standard InChI is InChI=1S/C42H77N15O13/c1-19(2)16-30-40(68)52-25(7-12-44)35(63)51-27(9-14-46)38(66)56-31(21(4)58)41(69)47-15-10-28(37(65)50-24(6-11-43)34(62)49-20(3)33(61)55-30)53-36(64)26(8-13-45)54-42(70)32(22(5)59)57-39(67)29-17-23(60)18-48-29/h19-32,48,58-60H,6-18,43-46H2,1-5H3,(H,47,69)(H,49,62)(H,50,65)(H,51,63)(H,52,68)(H,53,64)(H,54,70)(H,55,61)(H,56,66)(H,57,67)/t20-,21?,22?,23-,24+,25+,26+,27+,28+,29+,30+,31+,32+/m1/s1. The van der Waals surface area contributed by atoms with E-state index in [1.54, 1.807) is 13.8 Å². The molecule has 0 spiro atoms. The molecule has 0 bridgehead atoms. The predicted molar refractivity (Wildman–Crippen MR) is 251 cm³/mol. The van der Waals surface area contributed by atoms with Gasteiger partial charge < -0.3 is 96.7 Å². The summed E-state index contributed by atoms with van der Waals surface area (Å²) in [6.45, 7) is 6.40. The van der Waals surface area contributed by atoms with Gasteiger partial charge in [-0.15, -0.1) is 0 Å². The maximum atomic E-state index is 14.1. The Labute approximate surface area is 406 Å². The Morgan fingerprint density at radius 3 is 1.66 bits per heavy atom. The summed E-state index contributed by atoms with van der Waals surface area (Å²) in [4.78, 5) is 136. The van der Waals surface area contributed by atoms with Gasteiger partial charge in [-0.1, -0.05) is 13.8 Å². The van der Waals surface area contributed by atoms with Crippen LogP contribution in [0.3, 0.4) is 0 Å². The van der Waals surface area contributed by atoms with Gasteiger partial charge in [-0.25, -0.2) is 0 Å². The molecule has 0 aromatic carbocycles. The molecule has 0 aromatic rings. The van der Waals surface area contributed by atoms with Gasteiger partial charge >= 0.3 is 0 Å². The molecule has 398 valence electrons. The summed E-state index contributed by atoms with van der Waals surface area (Å²) in [7, 11) is 0. The molecule has 10 amide bonds. The van der Waals surface area contributed by atoms with Crippen LogP contribution < -0.4 is 81.4 Å². The summed E-state index contributed by atoms with van der Waals surface area (Å²) in [6.07, 6.45) is -4.82. The van der Waals surface area contributed by atoms with Gasteiger partial charge in [0.05, 0.1) is 24.4 Å². The van der Waals surface area contributed by atoms with Crippen LogP contribution in [0.2, 0.25) is 0 Å². The summed E-state index contributed by atoms with van der Waals surface area (Å²) in [5.41, 5.74) is 23.1. The number of nitrogens with one attached hydrogen (secondary N) is 11. The van der Waals surface area contributed by atoms with Crippen LogP contribution in [0, 0.1) is 5.92 Å². The Morgan fingerprint density at radius 1 is 0.657 bits per heavy atom. The molecule has 2 heterocycles. The van der Waals surface area contributed by atoms with Crippen molar-refractivity contribution in [2.24, 2.45) is 28.9 Å². The van der Waals surface area contributed by atoms with E-state index in [0.717, 1.165) is 0 Å². The molecule has 2 rings (SSSR count). The van der Waals surface area contributed by atoms with Crippen molar-refractivity contribution in [1.29, 1.82) is 0 Å².